The van der Waals surface area contributed by atoms with Gasteiger partial charge in [0.05, 0.1) is 9.72 Å². The third-order valence-corrected chi connectivity index (χ3v) is 6.53. The lowest BCUT2D eigenvalue weighted by Crippen LogP contribution is -2.32. The molecule has 1 aromatic rings. The minimum absolute atomic E-state index is 0.0460. The van der Waals surface area contributed by atoms with Crippen molar-refractivity contribution >= 4 is 31.9 Å². The number of carbonyl (C=O) groups excluding carboxylic acids is 1. The summed E-state index contributed by atoms with van der Waals surface area (Å²) in [5, 5.41) is 2.82. The van der Waals surface area contributed by atoms with Crippen LogP contribution in [0.2, 0.25) is 0 Å². The van der Waals surface area contributed by atoms with E-state index in [1.165, 1.54) is 0 Å². The Morgan fingerprint density at radius 3 is 2.29 bits per heavy atom. The molecule has 24 heavy (non-hydrogen) atoms. The van der Waals surface area contributed by atoms with Crippen LogP contribution in [0.3, 0.4) is 0 Å². The Bertz CT molecular complexity index is 636. The molecule has 1 heterocycles. The smallest absolute Gasteiger partial charge is 0.243 e. The molecule has 0 aliphatic carbocycles. The molecular weight excluding hydrogens is 392 g/mol. The van der Waals surface area contributed by atoms with Gasteiger partial charge in [-0.1, -0.05) is 40.9 Å². The molecule has 134 valence electrons. The minimum atomic E-state index is -3.39. The lowest BCUT2D eigenvalue weighted by atomic mass is 10.1. The van der Waals surface area contributed by atoms with Gasteiger partial charge in [0.1, 0.15) is 0 Å². The number of hydrogen-bond acceptors (Lipinski definition) is 3. The summed E-state index contributed by atoms with van der Waals surface area (Å²) in [6, 6.07) is 7.00. The van der Waals surface area contributed by atoms with Crippen molar-refractivity contribution in [3.05, 3.63) is 29.8 Å². The molecule has 1 aromatic carbocycles. The van der Waals surface area contributed by atoms with Gasteiger partial charge in [0.25, 0.3) is 0 Å². The third-order valence-electron chi connectivity index (χ3n) is 4.20. The van der Waals surface area contributed by atoms with Crippen LogP contribution in [-0.4, -0.2) is 43.1 Å². The number of sulfonamides is 1. The molecule has 0 radical (unpaired) electrons. The number of rotatable bonds is 6. The van der Waals surface area contributed by atoms with Gasteiger partial charge in [-0.25, -0.2) is 8.42 Å². The van der Waals surface area contributed by atoms with E-state index in [4.69, 9.17) is 0 Å². The number of nitrogens with zero attached hydrogens (tertiary/aromatic N) is 1. The average molecular weight is 417 g/mol. The lowest BCUT2D eigenvalue weighted by Gasteiger charge is -2.20. The van der Waals surface area contributed by atoms with E-state index in [2.05, 4.69) is 21.2 Å². The molecule has 1 aliphatic rings. The fourth-order valence-corrected chi connectivity index (χ4v) is 4.41. The summed E-state index contributed by atoms with van der Waals surface area (Å²) in [4.78, 5) is 11.6. The predicted octanol–water partition coefficient (Wildman–Crippen LogP) is 2.69. The van der Waals surface area contributed by atoms with Crippen molar-refractivity contribution in [2.45, 2.75) is 48.8 Å². The second kappa shape index (κ2) is 8.97. The van der Waals surface area contributed by atoms with E-state index in [1.807, 2.05) is 12.1 Å². The fraction of sp³-hybridized carbons (Fsp3) is 0.588. The highest BCUT2D eigenvalue weighted by atomic mass is 79.9. The van der Waals surface area contributed by atoms with E-state index in [0.29, 0.717) is 31.0 Å². The van der Waals surface area contributed by atoms with Gasteiger partial charge >= 0.3 is 0 Å². The molecule has 1 fully saturated rings. The third kappa shape index (κ3) is 5.29. The highest BCUT2D eigenvalue weighted by Gasteiger charge is 2.24. The van der Waals surface area contributed by atoms with Gasteiger partial charge in [-0.15, -0.1) is 0 Å². The molecule has 1 saturated heterocycles. The number of hydrogen-bond donors (Lipinski definition) is 1. The van der Waals surface area contributed by atoms with Crippen molar-refractivity contribution in [3.8, 4) is 0 Å². The normalized spacial score (nSPS) is 17.9. The number of alkyl halides is 1. The average Bonchev–Trinajstić information content (AvgIpc) is 2.85. The zero-order valence-corrected chi connectivity index (χ0v) is 16.4. The molecule has 1 atom stereocenters. The molecule has 0 bridgehead atoms. The number of amides is 1. The zero-order chi connectivity index (χ0) is 17.6. The summed E-state index contributed by atoms with van der Waals surface area (Å²) in [5.74, 6) is -0.0460. The van der Waals surface area contributed by atoms with Crippen molar-refractivity contribution in [1.82, 2.24) is 9.62 Å². The van der Waals surface area contributed by atoms with E-state index in [-0.39, 0.29) is 10.7 Å². The van der Waals surface area contributed by atoms with Crippen molar-refractivity contribution in [2.24, 2.45) is 0 Å². The molecule has 0 saturated carbocycles. The van der Waals surface area contributed by atoms with Gasteiger partial charge in [0.2, 0.25) is 15.9 Å². The summed E-state index contributed by atoms with van der Waals surface area (Å²) in [5.41, 5.74) is 1.01. The molecule has 0 aromatic heterocycles. The van der Waals surface area contributed by atoms with E-state index >= 15 is 0 Å². The molecule has 7 heteroatoms. The highest BCUT2D eigenvalue weighted by Crippen LogP contribution is 2.20. The molecule has 1 unspecified atom stereocenters. The first-order valence-electron chi connectivity index (χ1n) is 8.42. The van der Waals surface area contributed by atoms with Gasteiger partial charge < -0.3 is 5.32 Å². The largest absolute Gasteiger partial charge is 0.355 e. The van der Waals surface area contributed by atoms with Crippen LogP contribution in [0.25, 0.3) is 0 Å². The Kier molecular flexibility index (Phi) is 7.25. The van der Waals surface area contributed by atoms with Crippen LogP contribution in [0, 0.1) is 0 Å². The van der Waals surface area contributed by atoms with Crippen LogP contribution in [0.15, 0.2) is 29.2 Å². The van der Waals surface area contributed by atoms with Crippen LogP contribution in [-0.2, 0) is 21.2 Å². The van der Waals surface area contributed by atoms with E-state index in [0.717, 1.165) is 31.2 Å². The van der Waals surface area contributed by atoms with Gasteiger partial charge in [0, 0.05) is 19.6 Å². The Balaban J connectivity index is 1.96. The van der Waals surface area contributed by atoms with Gasteiger partial charge in [-0.05, 0) is 43.9 Å². The number of nitrogens with one attached hydrogen (secondary N) is 1. The number of benzene rings is 1. The quantitative estimate of drug-likeness (QED) is 0.724. The number of halogens is 1. The summed E-state index contributed by atoms with van der Waals surface area (Å²) in [6.45, 7) is 3.53. The monoisotopic (exact) mass is 416 g/mol. The molecule has 1 N–H and O–H groups in total. The van der Waals surface area contributed by atoms with Crippen LogP contribution in [0.5, 0.6) is 0 Å². The van der Waals surface area contributed by atoms with Crippen LogP contribution in [0.4, 0.5) is 0 Å². The van der Waals surface area contributed by atoms with Crippen LogP contribution in [0.1, 0.15) is 38.2 Å². The first-order valence-corrected chi connectivity index (χ1v) is 10.8. The summed E-state index contributed by atoms with van der Waals surface area (Å²) in [6.07, 6.45) is 4.74. The molecule has 0 spiro atoms. The maximum absolute atomic E-state index is 12.7. The molecular formula is C17H25BrN2O3S. The zero-order valence-electron chi connectivity index (χ0n) is 14.0. The first kappa shape index (κ1) is 19.4. The standard InChI is InChI=1S/C17H25BrN2O3S/c1-14(18)17(21)19-11-10-15-6-8-16(9-7-15)24(22,23)20-12-4-2-3-5-13-20/h6-9,14H,2-5,10-13H2,1H3,(H,19,21). The van der Waals surface area contributed by atoms with Gasteiger partial charge in [0.15, 0.2) is 0 Å². The Hall–Kier alpha value is -0.920. The second-order valence-corrected chi connectivity index (χ2v) is 9.43. The lowest BCUT2D eigenvalue weighted by molar-refractivity contribution is -0.120. The fourth-order valence-electron chi connectivity index (χ4n) is 2.73. The Morgan fingerprint density at radius 2 is 1.75 bits per heavy atom. The van der Waals surface area contributed by atoms with Crippen molar-refractivity contribution in [2.75, 3.05) is 19.6 Å². The molecule has 2 rings (SSSR count). The maximum Gasteiger partial charge on any atom is 0.243 e. The maximum atomic E-state index is 12.7. The van der Waals surface area contributed by atoms with Crippen molar-refractivity contribution in [3.63, 3.8) is 0 Å². The number of carbonyl (C=O) groups is 1. The second-order valence-electron chi connectivity index (χ2n) is 6.12. The van der Waals surface area contributed by atoms with Gasteiger partial charge in [-0.3, -0.25) is 4.79 Å². The highest BCUT2D eigenvalue weighted by molar-refractivity contribution is 9.10. The Labute approximate surface area is 153 Å². The Morgan fingerprint density at radius 1 is 1.17 bits per heavy atom. The first-order chi connectivity index (χ1) is 11.4. The molecule has 5 nitrogen and oxygen atoms in total. The van der Waals surface area contributed by atoms with E-state index in [9.17, 15) is 13.2 Å². The SMILES string of the molecule is CC(Br)C(=O)NCCc1ccc(S(=O)(=O)N2CCCCCC2)cc1. The van der Waals surface area contributed by atoms with Gasteiger partial charge in [-0.2, -0.15) is 4.31 Å². The summed E-state index contributed by atoms with van der Waals surface area (Å²) >= 11 is 3.22. The van der Waals surface area contributed by atoms with Crippen molar-refractivity contribution in [1.29, 1.82) is 0 Å². The van der Waals surface area contributed by atoms with Crippen LogP contribution >= 0.6 is 15.9 Å². The van der Waals surface area contributed by atoms with Crippen molar-refractivity contribution < 1.29 is 13.2 Å². The molecule has 1 amide bonds. The summed E-state index contributed by atoms with van der Waals surface area (Å²) in [7, 11) is -3.39. The van der Waals surface area contributed by atoms with E-state index < -0.39 is 10.0 Å². The van der Waals surface area contributed by atoms with Crippen LogP contribution < -0.4 is 5.32 Å². The molecule has 1 aliphatic heterocycles. The minimum Gasteiger partial charge on any atom is -0.355 e. The summed E-state index contributed by atoms with van der Waals surface area (Å²) < 4.78 is 27.0. The topological polar surface area (TPSA) is 66.5 Å². The van der Waals surface area contributed by atoms with E-state index in [1.54, 1.807) is 23.4 Å². The predicted molar refractivity (Wildman–Crippen MR) is 98.8 cm³/mol.